The number of nitrogens with zero attached hydrogens (tertiary/aromatic N) is 3. The number of carbonyl (C=O) groups excluding carboxylic acids is 3. The predicted molar refractivity (Wildman–Crippen MR) is 551 cm³/mol. The Balaban J connectivity index is 0.000000321. The molecular weight excluding hydrogens is 1750 g/mol. The zero-order chi connectivity index (χ0) is 91.8. The highest BCUT2D eigenvalue weighted by Gasteiger charge is 2.27. The molecule has 0 aliphatic heterocycles. The largest absolute Gasteiger partial charge is 0.508 e. The SMILES string of the molecule is C.C.CC(C(=O)c1ccc(O)cc1)N(CCc1ccc(OCc2ccccc2)cc1)Cc1ccccc1.CC(C(=O)c1ccc(O)cc1)N(CCc1ccc(OCc2ccccc2)cc1)Cc1ccccc1.CC(C(=O)c1ccc(OS(C)(=O)=O)cc1)N(CCc1ccc(OCc2ccccc2)cc1)Cc1ccccc1.C[C@@H](NCCc1ccc(O)cc1)[C@@H](O)c1ccc(O)cc1.Cl.Cl.[2HH].[B]. The molecule has 0 spiro atoms. The summed E-state index contributed by atoms with van der Waals surface area (Å²) >= 11 is 0. The minimum Gasteiger partial charge on any atom is -0.508 e. The van der Waals surface area contributed by atoms with Crippen molar-refractivity contribution < 1.29 is 68.2 Å². The van der Waals surface area contributed by atoms with E-state index in [4.69, 9.17) is 18.4 Å². The minimum absolute atomic E-state index is 0. The summed E-state index contributed by atoms with van der Waals surface area (Å²) in [6.07, 6.45) is 3.60. The molecule has 0 saturated carbocycles. The lowest BCUT2D eigenvalue weighted by Gasteiger charge is -2.28. The molecule has 135 heavy (non-hydrogen) atoms. The Morgan fingerprint density at radius 3 is 0.822 bits per heavy atom. The fourth-order valence-corrected chi connectivity index (χ4v) is 14.9. The lowest BCUT2D eigenvalue weighted by molar-refractivity contribution is 0.0822. The van der Waals surface area contributed by atoms with Gasteiger partial charge in [-0.25, -0.2) is 0 Å². The van der Waals surface area contributed by atoms with Gasteiger partial charge in [-0.05, 0) is 255 Å². The number of nitrogens with one attached hydrogen (secondary N) is 1. The number of hydrogen-bond donors (Lipinski definition) is 6. The van der Waals surface area contributed by atoms with Crippen molar-refractivity contribution in [3.05, 3.63) is 454 Å². The van der Waals surface area contributed by atoms with Crippen LogP contribution in [0, 0.1) is 0 Å². The Hall–Kier alpha value is -13.1. The Bertz CT molecular complexity index is 5620. The Morgan fingerprint density at radius 2 is 0.548 bits per heavy atom. The first kappa shape index (κ1) is 111. The molecule has 0 saturated heterocycles. The van der Waals surface area contributed by atoms with E-state index in [1.807, 2.05) is 198 Å². The highest BCUT2D eigenvalue weighted by molar-refractivity contribution is 7.86. The van der Waals surface area contributed by atoms with Crippen LogP contribution in [0.4, 0.5) is 0 Å². The average molecular weight is 1880 g/mol. The molecule has 707 valence electrons. The van der Waals surface area contributed by atoms with Crippen LogP contribution in [0.5, 0.6) is 46.0 Å². The van der Waals surface area contributed by atoms with Gasteiger partial charge in [-0.3, -0.25) is 29.1 Å². The van der Waals surface area contributed by atoms with Gasteiger partial charge in [-0.1, -0.05) is 258 Å². The van der Waals surface area contributed by atoms with Crippen molar-refractivity contribution in [3.8, 4) is 46.0 Å². The summed E-state index contributed by atoms with van der Waals surface area (Å²) in [6, 6.07) is 117. The van der Waals surface area contributed by atoms with Gasteiger partial charge < -0.3 is 49.2 Å². The summed E-state index contributed by atoms with van der Waals surface area (Å²) < 4.78 is 45.4. The lowest BCUT2D eigenvalue weighted by atomic mass is 10.0. The van der Waals surface area contributed by atoms with Crippen molar-refractivity contribution >= 4 is 60.7 Å². The number of benzene rings is 14. The van der Waals surface area contributed by atoms with E-state index in [0.29, 0.717) is 62.7 Å². The molecular formula is C113H128BCl2N4O14S. The number of halogens is 2. The first-order valence-corrected chi connectivity index (χ1v) is 45.6. The normalized spacial score (nSPS) is 11.8. The maximum atomic E-state index is 13.4. The number of aliphatic hydroxyl groups excluding tert-OH is 1. The van der Waals surface area contributed by atoms with Gasteiger partial charge in [0.05, 0.1) is 30.5 Å². The third-order valence-corrected chi connectivity index (χ3v) is 22.8. The van der Waals surface area contributed by atoms with Crippen molar-refractivity contribution in [2.45, 2.75) is 138 Å². The van der Waals surface area contributed by atoms with Gasteiger partial charge in [-0.2, -0.15) is 8.42 Å². The molecule has 0 heterocycles. The smallest absolute Gasteiger partial charge is 0.306 e. The van der Waals surface area contributed by atoms with E-state index >= 15 is 0 Å². The topological polar surface area (TPSA) is 245 Å². The van der Waals surface area contributed by atoms with Gasteiger partial charge in [0.15, 0.2) is 17.3 Å². The molecule has 0 fully saturated rings. The minimum atomic E-state index is -3.63. The third-order valence-electron chi connectivity index (χ3n) is 22.3. The molecule has 0 aromatic heterocycles. The number of ketones is 3. The molecule has 3 unspecified atom stereocenters. The number of phenolic OH excluding ortho intramolecular Hbond substituents is 4. The van der Waals surface area contributed by atoms with E-state index in [1.165, 1.54) is 34.4 Å². The van der Waals surface area contributed by atoms with Crippen LogP contribution in [0.25, 0.3) is 0 Å². The highest BCUT2D eigenvalue weighted by Crippen LogP contribution is 2.27. The van der Waals surface area contributed by atoms with Gasteiger partial charge in [0.1, 0.15) is 65.8 Å². The van der Waals surface area contributed by atoms with E-state index in [-0.39, 0.29) is 120 Å². The Kier molecular flexibility index (Phi) is 47.6. The number of aromatic hydroxyl groups is 4. The molecule has 0 bridgehead atoms. The number of aliphatic hydroxyl groups is 1. The van der Waals surface area contributed by atoms with Crippen LogP contribution in [0.2, 0.25) is 0 Å². The predicted octanol–water partition coefficient (Wildman–Crippen LogP) is 22.8. The lowest BCUT2D eigenvalue weighted by Crippen LogP contribution is -2.40. The van der Waals surface area contributed by atoms with E-state index in [1.54, 1.807) is 97.1 Å². The van der Waals surface area contributed by atoms with Crippen LogP contribution in [0.15, 0.2) is 376 Å². The molecule has 5 atom stereocenters. The van der Waals surface area contributed by atoms with Crippen molar-refractivity contribution in [2.75, 3.05) is 32.4 Å². The average Bonchev–Trinajstić information content (AvgIpc) is 0.848. The molecule has 14 aromatic rings. The number of hydrogen-bond acceptors (Lipinski definition) is 18. The molecule has 6 N–H and O–H groups in total. The van der Waals surface area contributed by atoms with Gasteiger partial charge in [0.2, 0.25) is 0 Å². The van der Waals surface area contributed by atoms with Crippen LogP contribution in [0.3, 0.4) is 0 Å². The zero-order valence-corrected chi connectivity index (χ0v) is 78.1. The maximum absolute atomic E-state index is 13.4. The van der Waals surface area contributed by atoms with Crippen molar-refractivity contribution in [1.29, 1.82) is 0 Å². The van der Waals surface area contributed by atoms with Crippen LogP contribution in [-0.4, -0.2) is 131 Å². The second-order valence-corrected chi connectivity index (χ2v) is 33.7. The summed E-state index contributed by atoms with van der Waals surface area (Å²) in [4.78, 5) is 46.4. The molecule has 0 aliphatic rings. The van der Waals surface area contributed by atoms with Crippen LogP contribution in [0.1, 0.15) is 142 Å². The summed E-state index contributed by atoms with van der Waals surface area (Å²) in [7, 11) is -3.63. The van der Waals surface area contributed by atoms with Gasteiger partial charge in [0.25, 0.3) is 0 Å². The van der Waals surface area contributed by atoms with Crippen molar-refractivity contribution in [3.63, 3.8) is 0 Å². The molecule has 3 radical (unpaired) electrons. The van der Waals surface area contributed by atoms with E-state index in [2.05, 4.69) is 117 Å². The summed E-state index contributed by atoms with van der Waals surface area (Å²) in [5.41, 5.74) is 14.0. The van der Waals surface area contributed by atoms with Crippen molar-refractivity contribution in [1.82, 2.24) is 20.0 Å². The third kappa shape index (κ3) is 38.1. The fraction of sp³-hybridized carbons (Fsp3) is 0.230. The Morgan fingerprint density at radius 1 is 0.319 bits per heavy atom. The van der Waals surface area contributed by atoms with E-state index in [0.717, 1.165) is 108 Å². The molecule has 22 heteroatoms. The van der Waals surface area contributed by atoms with Crippen molar-refractivity contribution in [2.24, 2.45) is 0 Å². The number of carbonyl (C=O) groups is 3. The van der Waals surface area contributed by atoms with Gasteiger partial charge in [-0.15, -0.1) is 24.8 Å². The van der Waals surface area contributed by atoms with Gasteiger partial charge >= 0.3 is 10.1 Å². The zero-order valence-electron chi connectivity index (χ0n) is 75.6. The van der Waals surface area contributed by atoms with Crippen LogP contribution in [-0.2, 0) is 75.3 Å². The molecule has 14 aromatic carbocycles. The van der Waals surface area contributed by atoms with Gasteiger partial charge in [0, 0.05) is 71.8 Å². The second-order valence-electron chi connectivity index (χ2n) is 32.1. The molecule has 0 amide bonds. The quantitative estimate of drug-likeness (QED) is 0.0118. The first-order chi connectivity index (χ1) is 63.0. The molecule has 14 rings (SSSR count). The number of ether oxygens (including phenoxy) is 3. The van der Waals surface area contributed by atoms with Crippen LogP contribution >= 0.6 is 24.8 Å². The van der Waals surface area contributed by atoms with Crippen LogP contribution < -0.4 is 23.7 Å². The van der Waals surface area contributed by atoms with E-state index in [9.17, 15) is 48.3 Å². The molecule has 0 aliphatic carbocycles. The highest BCUT2D eigenvalue weighted by atomic mass is 35.5. The number of rotatable bonds is 41. The number of Topliss-reactive ketones (excluding diaryl/α,β-unsaturated/α-hetero) is 3. The summed E-state index contributed by atoms with van der Waals surface area (Å²) in [6.45, 7) is 14.3. The summed E-state index contributed by atoms with van der Waals surface area (Å²) in [5, 5.41) is 51.1. The monoisotopic (exact) mass is 1880 g/mol. The summed E-state index contributed by atoms with van der Waals surface area (Å²) in [5.74, 6) is 3.51. The second kappa shape index (κ2) is 58.1. The standard InChI is InChI=1S/C32H33NO5S.2C31H31NO3.C17H21NO3.2CH4.B.2ClH.H2/c1-25(32(34)29-15-19-31(20-16-29)38-39(2,35)36)33(23-27-9-5-3-6-10-27)22-21-26-13-17-30(18-14-26)37-24-28-11-7-4-8-12-28;2*1-24(31(34)28-14-16-29(33)17-15-28)32(22-26-8-4-2-5-9-26)21-20-25-12-18-30(19-13-25)35-23-27-10-6-3-7-11-27;1-12(17(21)14-4-8-16(20)9-5-14)18-11-10-13-2-6-15(19)7-3-13;;;;;;/h3-20,25H,21-24H2,1-2H3;2*2-19,24,33H,20-23H2,1H3;2-9,12,17-21H,10-11H2,1H3;2*1H4;;3*1H/t;;;12-,17-;;;;;;/m...1....../s1/i;;;;;;;;;1+1. The Labute approximate surface area is 813 Å². The fourth-order valence-electron chi connectivity index (χ4n) is 14.5. The van der Waals surface area contributed by atoms with E-state index < -0.39 is 16.2 Å². The number of phenols is 4. The first-order valence-electron chi connectivity index (χ1n) is 43.8. The maximum Gasteiger partial charge on any atom is 0.306 e. The molecule has 18 nitrogen and oxygen atoms in total.